The average Bonchev–Trinajstić information content (AvgIpc) is 3.33. The summed E-state index contributed by atoms with van der Waals surface area (Å²) >= 11 is 6.60. The van der Waals surface area contributed by atoms with Gasteiger partial charge in [-0.3, -0.25) is 9.69 Å². The lowest BCUT2D eigenvalue weighted by molar-refractivity contribution is -0.134. The summed E-state index contributed by atoms with van der Waals surface area (Å²) in [4.78, 5) is 15.9. The lowest BCUT2D eigenvalue weighted by atomic mass is 9.90. The van der Waals surface area contributed by atoms with Gasteiger partial charge in [0.25, 0.3) is 5.91 Å². The second kappa shape index (κ2) is 11.0. The molecular formula is C31H34ClN3O. The number of rotatable bonds is 6. The molecule has 5 rings (SSSR count). The molecule has 3 aromatic carbocycles. The molecule has 1 saturated heterocycles. The highest BCUT2D eigenvalue weighted by Crippen LogP contribution is 2.37. The second-order valence-electron chi connectivity index (χ2n) is 10.3. The van der Waals surface area contributed by atoms with Crippen LogP contribution in [-0.4, -0.2) is 41.2 Å². The molecule has 0 saturated carbocycles. The van der Waals surface area contributed by atoms with Crippen LogP contribution in [0.25, 0.3) is 0 Å². The van der Waals surface area contributed by atoms with Gasteiger partial charge in [0.1, 0.15) is 0 Å². The van der Waals surface area contributed by atoms with Crippen LogP contribution in [0, 0.1) is 19.8 Å². The molecule has 36 heavy (non-hydrogen) atoms. The molecule has 0 aromatic heterocycles. The van der Waals surface area contributed by atoms with Crippen molar-refractivity contribution in [2.45, 2.75) is 45.6 Å². The van der Waals surface area contributed by atoms with Crippen molar-refractivity contribution in [1.29, 1.82) is 0 Å². The van der Waals surface area contributed by atoms with Crippen molar-refractivity contribution in [3.05, 3.63) is 106 Å². The van der Waals surface area contributed by atoms with Crippen molar-refractivity contribution in [3.8, 4) is 0 Å². The summed E-state index contributed by atoms with van der Waals surface area (Å²) in [5.74, 6) is 0.720. The molecule has 0 N–H and O–H groups in total. The van der Waals surface area contributed by atoms with E-state index in [0.29, 0.717) is 23.9 Å². The first-order chi connectivity index (χ1) is 17.5. The van der Waals surface area contributed by atoms with Gasteiger partial charge in [-0.05, 0) is 80.9 Å². The van der Waals surface area contributed by atoms with Gasteiger partial charge in [-0.25, -0.2) is 5.01 Å². The molecule has 3 aromatic rings. The van der Waals surface area contributed by atoms with Crippen molar-refractivity contribution in [2.75, 3.05) is 19.6 Å². The van der Waals surface area contributed by atoms with E-state index < -0.39 is 0 Å². The zero-order valence-electron chi connectivity index (χ0n) is 21.2. The summed E-state index contributed by atoms with van der Waals surface area (Å²) < 4.78 is 0. The number of likely N-dealkylation sites (tertiary alicyclic amines) is 1. The van der Waals surface area contributed by atoms with Gasteiger partial charge in [-0.2, -0.15) is 5.10 Å². The summed E-state index contributed by atoms with van der Waals surface area (Å²) in [6.45, 7) is 6.48. The maximum atomic E-state index is 13.6. The summed E-state index contributed by atoms with van der Waals surface area (Å²) in [6.07, 6.45) is 4.02. The summed E-state index contributed by atoms with van der Waals surface area (Å²) in [7, 11) is 0. The molecule has 186 valence electrons. The number of piperidine rings is 1. The van der Waals surface area contributed by atoms with Crippen molar-refractivity contribution in [1.82, 2.24) is 9.91 Å². The summed E-state index contributed by atoms with van der Waals surface area (Å²) in [5.41, 5.74) is 6.79. The Kier molecular flexibility index (Phi) is 7.54. The molecule has 1 fully saturated rings. The number of hydrogen-bond donors (Lipinski definition) is 0. The highest BCUT2D eigenvalue weighted by Gasteiger charge is 2.35. The molecule has 2 heterocycles. The molecule has 4 nitrogen and oxygen atoms in total. The Bertz CT molecular complexity index is 1250. The van der Waals surface area contributed by atoms with Gasteiger partial charge in [-0.15, -0.1) is 0 Å². The lowest BCUT2D eigenvalue weighted by Crippen LogP contribution is -2.42. The Labute approximate surface area is 219 Å². The fourth-order valence-corrected chi connectivity index (χ4v) is 5.76. The smallest absolute Gasteiger partial charge is 0.257 e. The van der Waals surface area contributed by atoms with Crippen LogP contribution in [0.15, 0.2) is 77.9 Å². The van der Waals surface area contributed by atoms with E-state index in [2.05, 4.69) is 67.3 Å². The van der Waals surface area contributed by atoms with Crippen LogP contribution in [0.2, 0.25) is 5.02 Å². The minimum atomic E-state index is -0.184. The van der Waals surface area contributed by atoms with E-state index in [4.69, 9.17) is 16.7 Å². The molecule has 0 radical (unpaired) electrons. The number of aryl methyl sites for hydroxylation is 2. The molecule has 0 unspecified atom stereocenters. The first-order valence-corrected chi connectivity index (χ1v) is 13.3. The van der Waals surface area contributed by atoms with Crippen LogP contribution in [-0.2, 0) is 11.2 Å². The van der Waals surface area contributed by atoms with E-state index in [1.807, 2.05) is 24.3 Å². The lowest BCUT2D eigenvalue weighted by Gasteiger charge is -2.33. The van der Waals surface area contributed by atoms with Crippen LogP contribution >= 0.6 is 11.6 Å². The third-order valence-corrected chi connectivity index (χ3v) is 7.91. The third kappa shape index (κ3) is 5.55. The van der Waals surface area contributed by atoms with Gasteiger partial charge >= 0.3 is 0 Å². The zero-order chi connectivity index (χ0) is 25.1. The third-order valence-electron chi connectivity index (χ3n) is 7.57. The van der Waals surface area contributed by atoms with E-state index >= 15 is 0 Å². The van der Waals surface area contributed by atoms with Crippen LogP contribution < -0.4 is 0 Å². The Morgan fingerprint density at radius 2 is 1.69 bits per heavy atom. The van der Waals surface area contributed by atoms with Gasteiger partial charge in [0.15, 0.2) is 0 Å². The minimum Gasteiger partial charge on any atom is -0.294 e. The normalized spacial score (nSPS) is 18.9. The van der Waals surface area contributed by atoms with E-state index in [1.165, 1.54) is 16.7 Å². The van der Waals surface area contributed by atoms with E-state index in [0.717, 1.165) is 49.2 Å². The van der Waals surface area contributed by atoms with Crippen LogP contribution in [0.5, 0.6) is 0 Å². The molecular weight excluding hydrogens is 466 g/mol. The van der Waals surface area contributed by atoms with Crippen molar-refractivity contribution in [2.24, 2.45) is 11.0 Å². The largest absolute Gasteiger partial charge is 0.294 e. The predicted molar refractivity (Wildman–Crippen MR) is 147 cm³/mol. The first kappa shape index (κ1) is 24.7. The van der Waals surface area contributed by atoms with Crippen LogP contribution in [0.1, 0.15) is 53.1 Å². The average molecular weight is 500 g/mol. The van der Waals surface area contributed by atoms with Crippen molar-refractivity contribution >= 4 is 23.2 Å². The Morgan fingerprint density at radius 1 is 0.972 bits per heavy atom. The molecule has 0 aliphatic carbocycles. The maximum absolute atomic E-state index is 13.6. The molecule has 1 amide bonds. The van der Waals surface area contributed by atoms with Crippen LogP contribution in [0.4, 0.5) is 0 Å². The number of carbonyl (C=O) groups excluding carboxylic acids is 1. The Hall–Kier alpha value is -2.95. The summed E-state index contributed by atoms with van der Waals surface area (Å²) in [5, 5.41) is 7.29. The zero-order valence-corrected chi connectivity index (χ0v) is 21.9. The van der Waals surface area contributed by atoms with Gasteiger partial charge in [0.2, 0.25) is 0 Å². The summed E-state index contributed by atoms with van der Waals surface area (Å²) in [6, 6.07) is 24.8. The highest BCUT2D eigenvalue weighted by atomic mass is 35.5. The molecule has 0 bridgehead atoms. The number of benzene rings is 3. The molecule has 2 aliphatic heterocycles. The van der Waals surface area contributed by atoms with Gasteiger partial charge in [0.05, 0.1) is 18.3 Å². The quantitative estimate of drug-likeness (QED) is 0.383. The molecule has 5 heteroatoms. The fraction of sp³-hybridized carbons (Fsp3) is 0.355. The molecule has 2 aliphatic rings. The molecule has 1 atom stereocenters. The van der Waals surface area contributed by atoms with Gasteiger partial charge in [0, 0.05) is 17.0 Å². The van der Waals surface area contributed by atoms with E-state index in [-0.39, 0.29) is 11.9 Å². The van der Waals surface area contributed by atoms with E-state index in [1.54, 1.807) is 5.01 Å². The van der Waals surface area contributed by atoms with Crippen LogP contribution in [0.3, 0.4) is 0 Å². The second-order valence-corrected chi connectivity index (χ2v) is 10.7. The SMILES string of the molecule is Cc1ccc(C)c(C2=NN(C(=O)CN3CCC(Cc4ccccc4)CC3)[C@@H](c3ccccc3Cl)C2)c1. The number of nitrogens with zero attached hydrogens (tertiary/aromatic N) is 3. The maximum Gasteiger partial charge on any atom is 0.257 e. The van der Waals surface area contributed by atoms with E-state index in [9.17, 15) is 4.79 Å². The predicted octanol–water partition coefficient (Wildman–Crippen LogP) is 6.59. The minimum absolute atomic E-state index is 0.0433. The first-order valence-electron chi connectivity index (χ1n) is 13.0. The van der Waals surface area contributed by atoms with Crippen molar-refractivity contribution in [3.63, 3.8) is 0 Å². The highest BCUT2D eigenvalue weighted by molar-refractivity contribution is 6.31. The van der Waals surface area contributed by atoms with Gasteiger partial charge in [-0.1, -0.05) is 77.8 Å². The monoisotopic (exact) mass is 499 g/mol. The standard InChI is InChI=1S/C31H34ClN3O/c1-22-12-13-23(2)27(18-22)29-20-30(26-10-6-7-11-28(26)32)35(33-29)31(36)21-34-16-14-25(15-17-34)19-24-8-4-3-5-9-24/h3-13,18,25,30H,14-17,19-21H2,1-2H3/t30-/m1/s1. The Balaban J connectivity index is 1.30. The number of hydrogen-bond acceptors (Lipinski definition) is 3. The van der Waals surface area contributed by atoms with Gasteiger partial charge < -0.3 is 0 Å². The fourth-order valence-electron chi connectivity index (χ4n) is 5.50. The number of amides is 1. The molecule has 0 spiro atoms. The Morgan fingerprint density at radius 3 is 2.44 bits per heavy atom. The number of hydrazone groups is 1. The van der Waals surface area contributed by atoms with Crippen molar-refractivity contribution < 1.29 is 4.79 Å². The number of halogens is 1. The number of carbonyl (C=O) groups is 1. The topological polar surface area (TPSA) is 35.9 Å².